The number of hydrogen-bond donors (Lipinski definition) is 3. The van der Waals surface area contributed by atoms with Gasteiger partial charge >= 0.3 is 0 Å². The number of phenolic OH excluding ortho intramolecular Hbond substituents is 1. The van der Waals surface area contributed by atoms with Gasteiger partial charge in [0.15, 0.2) is 11.5 Å². The van der Waals surface area contributed by atoms with Crippen LogP contribution in [0.4, 0.5) is 0 Å². The molecule has 168 valence electrons. The van der Waals surface area contributed by atoms with E-state index in [4.69, 9.17) is 9.47 Å². The van der Waals surface area contributed by atoms with Gasteiger partial charge < -0.3 is 19.9 Å². The lowest BCUT2D eigenvalue weighted by atomic mass is 9.95. The summed E-state index contributed by atoms with van der Waals surface area (Å²) in [5.74, 6) is 1.41. The Kier molecular flexibility index (Phi) is 8.11. The van der Waals surface area contributed by atoms with Crippen molar-refractivity contribution in [1.82, 2.24) is 10.6 Å². The highest BCUT2D eigenvalue weighted by molar-refractivity contribution is 5.83. The topological polar surface area (TPSA) is 79.8 Å². The molecule has 0 spiro atoms. The van der Waals surface area contributed by atoms with Gasteiger partial charge in [-0.05, 0) is 47.7 Å². The standard InChI is InChI=1S/C26H30N2O4/c1-27-26(30)25(19-10-5-4-6-11-19)28-21(15-13-18-9-7-8-12-22(18)29)20-14-16-23(31-2)24(17-20)32-3/h4-12,14,16-17,21,25,28-29H,13,15H2,1-3H3,(H,27,30)/t21-,25+/m0/s1. The van der Waals surface area contributed by atoms with Crippen LogP contribution in [0.3, 0.4) is 0 Å². The zero-order valence-corrected chi connectivity index (χ0v) is 18.7. The van der Waals surface area contributed by atoms with E-state index in [1.165, 1.54) is 0 Å². The summed E-state index contributed by atoms with van der Waals surface area (Å²) in [6.45, 7) is 0. The molecule has 3 N–H and O–H groups in total. The van der Waals surface area contributed by atoms with E-state index in [-0.39, 0.29) is 17.7 Å². The molecule has 3 aromatic rings. The average molecular weight is 435 g/mol. The Morgan fingerprint density at radius 1 is 0.906 bits per heavy atom. The van der Waals surface area contributed by atoms with Crippen LogP contribution in [0.1, 0.15) is 35.2 Å². The molecule has 3 aromatic carbocycles. The molecule has 32 heavy (non-hydrogen) atoms. The lowest BCUT2D eigenvalue weighted by Gasteiger charge is -2.26. The lowest BCUT2D eigenvalue weighted by molar-refractivity contribution is -0.123. The molecule has 1 amide bonds. The first-order valence-electron chi connectivity index (χ1n) is 10.6. The number of hydrogen-bond acceptors (Lipinski definition) is 5. The molecule has 6 nitrogen and oxygen atoms in total. The van der Waals surface area contributed by atoms with Gasteiger partial charge in [-0.1, -0.05) is 54.6 Å². The molecule has 0 aliphatic heterocycles. The monoisotopic (exact) mass is 434 g/mol. The minimum absolute atomic E-state index is 0.121. The fraction of sp³-hybridized carbons (Fsp3) is 0.269. The number of aromatic hydroxyl groups is 1. The summed E-state index contributed by atoms with van der Waals surface area (Å²) in [7, 11) is 4.83. The van der Waals surface area contributed by atoms with E-state index >= 15 is 0 Å². The number of benzene rings is 3. The van der Waals surface area contributed by atoms with Gasteiger partial charge in [0.05, 0.1) is 14.2 Å². The highest BCUT2D eigenvalue weighted by atomic mass is 16.5. The fourth-order valence-corrected chi connectivity index (χ4v) is 3.75. The Balaban J connectivity index is 1.95. The van der Waals surface area contributed by atoms with Gasteiger partial charge in [-0.15, -0.1) is 0 Å². The first-order chi connectivity index (χ1) is 15.6. The van der Waals surface area contributed by atoms with Crippen LogP contribution >= 0.6 is 0 Å². The molecule has 3 rings (SSSR count). The summed E-state index contributed by atoms with van der Waals surface area (Å²) in [6.07, 6.45) is 1.29. The van der Waals surface area contributed by atoms with Crippen LogP contribution in [0.15, 0.2) is 72.8 Å². The molecule has 0 saturated carbocycles. The molecule has 0 aromatic heterocycles. The van der Waals surface area contributed by atoms with E-state index < -0.39 is 6.04 Å². The SMILES string of the molecule is CNC(=O)[C@H](N[C@@H](CCc1ccccc1O)c1ccc(OC)c(OC)c1)c1ccccc1. The molecule has 0 saturated heterocycles. The minimum Gasteiger partial charge on any atom is -0.508 e. The normalized spacial score (nSPS) is 12.6. The van der Waals surface area contributed by atoms with Gasteiger partial charge in [-0.25, -0.2) is 0 Å². The van der Waals surface area contributed by atoms with Gasteiger partial charge in [-0.3, -0.25) is 10.1 Å². The first-order valence-corrected chi connectivity index (χ1v) is 10.6. The average Bonchev–Trinajstić information content (AvgIpc) is 2.84. The van der Waals surface area contributed by atoms with Crippen LogP contribution in [0, 0.1) is 0 Å². The maximum Gasteiger partial charge on any atom is 0.241 e. The van der Waals surface area contributed by atoms with Crippen LogP contribution in [-0.4, -0.2) is 32.3 Å². The quantitative estimate of drug-likeness (QED) is 0.447. The van der Waals surface area contributed by atoms with E-state index in [1.54, 1.807) is 33.4 Å². The highest BCUT2D eigenvalue weighted by Gasteiger charge is 2.25. The minimum atomic E-state index is -0.538. The molecule has 0 fully saturated rings. The van der Waals surface area contributed by atoms with E-state index in [0.717, 1.165) is 16.7 Å². The molecule has 0 unspecified atom stereocenters. The molecule has 6 heteroatoms. The third-order valence-electron chi connectivity index (χ3n) is 5.51. The van der Waals surface area contributed by atoms with E-state index in [2.05, 4.69) is 10.6 Å². The number of methoxy groups -OCH3 is 2. The summed E-state index contributed by atoms with van der Waals surface area (Å²) in [5, 5.41) is 16.5. The number of carbonyl (C=O) groups excluding carboxylic acids is 1. The van der Waals surface area contributed by atoms with Crippen molar-refractivity contribution in [3.8, 4) is 17.2 Å². The molecular formula is C26H30N2O4. The van der Waals surface area contributed by atoms with Crippen molar-refractivity contribution in [3.05, 3.63) is 89.5 Å². The molecule has 0 bridgehead atoms. The van der Waals surface area contributed by atoms with Crippen LogP contribution in [0.25, 0.3) is 0 Å². The van der Waals surface area contributed by atoms with Crippen molar-refractivity contribution in [3.63, 3.8) is 0 Å². The number of ether oxygens (including phenoxy) is 2. The van der Waals surface area contributed by atoms with Gasteiger partial charge in [0.25, 0.3) is 0 Å². The van der Waals surface area contributed by atoms with Crippen LogP contribution in [-0.2, 0) is 11.2 Å². The van der Waals surface area contributed by atoms with Crippen molar-refractivity contribution < 1.29 is 19.4 Å². The number of rotatable bonds is 10. The second-order valence-corrected chi connectivity index (χ2v) is 7.46. The van der Waals surface area contributed by atoms with Crippen molar-refractivity contribution in [2.45, 2.75) is 24.9 Å². The van der Waals surface area contributed by atoms with Gasteiger partial charge in [-0.2, -0.15) is 0 Å². The second-order valence-electron chi connectivity index (χ2n) is 7.46. The number of phenols is 1. The number of carbonyl (C=O) groups is 1. The van der Waals surface area contributed by atoms with Gasteiger partial charge in [0.2, 0.25) is 5.91 Å². The summed E-state index contributed by atoms with van der Waals surface area (Å²) in [6, 6.07) is 22.0. The van der Waals surface area contributed by atoms with Gasteiger partial charge in [0, 0.05) is 13.1 Å². The van der Waals surface area contributed by atoms with Gasteiger partial charge in [0.1, 0.15) is 11.8 Å². The van der Waals surface area contributed by atoms with Crippen molar-refractivity contribution in [2.24, 2.45) is 0 Å². The van der Waals surface area contributed by atoms with E-state index in [9.17, 15) is 9.90 Å². The molecule has 0 aliphatic carbocycles. The van der Waals surface area contributed by atoms with E-state index in [1.807, 2.05) is 60.7 Å². The molecule has 0 heterocycles. The Labute approximate surface area is 189 Å². The fourth-order valence-electron chi connectivity index (χ4n) is 3.75. The summed E-state index contributed by atoms with van der Waals surface area (Å²) in [4.78, 5) is 12.8. The Bertz CT molecular complexity index is 1020. The smallest absolute Gasteiger partial charge is 0.241 e. The van der Waals surface area contributed by atoms with Crippen molar-refractivity contribution in [1.29, 1.82) is 0 Å². The highest BCUT2D eigenvalue weighted by Crippen LogP contribution is 2.33. The lowest BCUT2D eigenvalue weighted by Crippen LogP contribution is -2.38. The molecule has 0 radical (unpaired) electrons. The first kappa shape index (κ1) is 23.2. The van der Waals surface area contributed by atoms with Crippen molar-refractivity contribution in [2.75, 3.05) is 21.3 Å². The zero-order chi connectivity index (χ0) is 22.9. The summed E-state index contributed by atoms with van der Waals surface area (Å²) >= 11 is 0. The summed E-state index contributed by atoms with van der Waals surface area (Å²) in [5.41, 5.74) is 2.69. The zero-order valence-electron chi connectivity index (χ0n) is 18.7. The van der Waals surface area contributed by atoms with Crippen LogP contribution in [0.5, 0.6) is 17.2 Å². The third-order valence-corrected chi connectivity index (χ3v) is 5.51. The number of amides is 1. The molecule has 2 atom stereocenters. The Hall–Kier alpha value is -3.51. The molecule has 0 aliphatic rings. The van der Waals surface area contributed by atoms with Crippen LogP contribution < -0.4 is 20.1 Å². The Morgan fingerprint density at radius 2 is 1.59 bits per heavy atom. The second kappa shape index (κ2) is 11.2. The maximum absolute atomic E-state index is 12.8. The Morgan fingerprint density at radius 3 is 2.25 bits per heavy atom. The van der Waals surface area contributed by atoms with Crippen LogP contribution in [0.2, 0.25) is 0 Å². The number of aryl methyl sites for hydroxylation is 1. The number of para-hydroxylation sites is 1. The third kappa shape index (κ3) is 5.59. The maximum atomic E-state index is 12.8. The number of nitrogens with one attached hydrogen (secondary N) is 2. The predicted octanol–water partition coefficient (Wildman–Crippen LogP) is 4.16. The van der Waals surface area contributed by atoms with E-state index in [0.29, 0.717) is 24.3 Å². The molecular weight excluding hydrogens is 404 g/mol. The predicted molar refractivity (Wildman–Crippen MR) is 125 cm³/mol. The summed E-state index contributed by atoms with van der Waals surface area (Å²) < 4.78 is 10.9. The van der Waals surface area contributed by atoms with Crippen molar-refractivity contribution >= 4 is 5.91 Å². The number of likely N-dealkylation sites (N-methyl/N-ethyl adjacent to an activating group) is 1. The largest absolute Gasteiger partial charge is 0.508 e.